The number of hydrogen-bond acceptors (Lipinski definition) is 3. The van der Waals surface area contributed by atoms with E-state index < -0.39 is 0 Å². The molecule has 3 heteroatoms. The molecule has 0 spiro atoms. The Hall–Kier alpha value is -8.53. The summed E-state index contributed by atoms with van der Waals surface area (Å²) in [6.45, 7) is 0. The van der Waals surface area contributed by atoms with Crippen molar-refractivity contribution >= 4 is 10.8 Å². The van der Waals surface area contributed by atoms with Crippen LogP contribution in [-0.4, -0.2) is 15.0 Å². The molecule has 3 nitrogen and oxygen atoms in total. The van der Waals surface area contributed by atoms with Crippen molar-refractivity contribution in [3.63, 3.8) is 0 Å². The largest absolute Gasteiger partial charge is 0.208 e. The van der Waals surface area contributed by atoms with Gasteiger partial charge in [0.15, 0.2) is 17.5 Å². The van der Waals surface area contributed by atoms with Gasteiger partial charge in [-0.25, -0.2) is 15.0 Å². The minimum atomic E-state index is 0.620. The molecule has 1 aromatic heterocycles. The first-order valence-corrected chi connectivity index (χ1v) is 21.7. The fourth-order valence-electron chi connectivity index (χ4n) is 8.67. The zero-order chi connectivity index (χ0) is 42.7. The van der Waals surface area contributed by atoms with E-state index in [2.05, 4.69) is 188 Å². The summed E-state index contributed by atoms with van der Waals surface area (Å²) in [5.74, 6) is 1.89. The van der Waals surface area contributed by atoms with Crippen molar-refractivity contribution in [3.8, 4) is 101 Å². The molecular formula is C61H41N3. The normalized spacial score (nSPS) is 11.1. The zero-order valence-electron chi connectivity index (χ0n) is 35.0. The molecule has 0 saturated heterocycles. The molecule has 0 N–H and O–H groups in total. The predicted molar refractivity (Wildman–Crippen MR) is 266 cm³/mol. The molecule has 0 bridgehead atoms. The lowest BCUT2D eigenvalue weighted by molar-refractivity contribution is 1.07. The summed E-state index contributed by atoms with van der Waals surface area (Å²) in [5.41, 5.74) is 16.6. The molecule has 0 fully saturated rings. The molecule has 1 heterocycles. The maximum absolute atomic E-state index is 5.10. The second-order valence-electron chi connectivity index (χ2n) is 16.0. The lowest BCUT2D eigenvalue weighted by atomic mass is 9.88. The van der Waals surface area contributed by atoms with Crippen LogP contribution in [0.3, 0.4) is 0 Å². The second-order valence-corrected chi connectivity index (χ2v) is 16.0. The summed E-state index contributed by atoms with van der Waals surface area (Å²) in [6.07, 6.45) is 0. The van der Waals surface area contributed by atoms with Crippen molar-refractivity contribution < 1.29 is 0 Å². The third-order valence-electron chi connectivity index (χ3n) is 11.9. The van der Waals surface area contributed by atoms with Gasteiger partial charge in [-0.3, -0.25) is 0 Å². The first-order valence-electron chi connectivity index (χ1n) is 21.7. The van der Waals surface area contributed by atoms with Crippen molar-refractivity contribution in [1.82, 2.24) is 15.0 Å². The molecule has 11 rings (SSSR count). The Labute approximate surface area is 373 Å². The number of fused-ring (bicyclic) bond motifs is 1. The van der Waals surface area contributed by atoms with Crippen molar-refractivity contribution in [3.05, 3.63) is 249 Å². The van der Waals surface area contributed by atoms with Crippen LogP contribution in [0, 0.1) is 0 Å². The van der Waals surface area contributed by atoms with Crippen LogP contribution < -0.4 is 0 Å². The van der Waals surface area contributed by atoms with Gasteiger partial charge in [0.25, 0.3) is 0 Å². The van der Waals surface area contributed by atoms with Crippen LogP contribution in [-0.2, 0) is 0 Å². The van der Waals surface area contributed by atoms with E-state index in [-0.39, 0.29) is 0 Å². The van der Waals surface area contributed by atoms with Crippen LogP contribution >= 0.6 is 0 Å². The van der Waals surface area contributed by atoms with E-state index in [0.29, 0.717) is 17.5 Å². The molecule has 0 amide bonds. The highest BCUT2D eigenvalue weighted by atomic mass is 15.0. The van der Waals surface area contributed by atoms with Gasteiger partial charge < -0.3 is 0 Å². The molecule has 10 aromatic carbocycles. The van der Waals surface area contributed by atoms with Gasteiger partial charge in [0.2, 0.25) is 0 Å². The maximum atomic E-state index is 5.10. The molecule has 0 radical (unpaired) electrons. The van der Waals surface area contributed by atoms with Gasteiger partial charge in [0, 0.05) is 16.7 Å². The van der Waals surface area contributed by atoms with Gasteiger partial charge in [-0.2, -0.15) is 0 Å². The third-order valence-corrected chi connectivity index (χ3v) is 11.9. The Balaban J connectivity index is 1.08. The van der Waals surface area contributed by atoms with Gasteiger partial charge in [-0.15, -0.1) is 0 Å². The van der Waals surface area contributed by atoms with E-state index >= 15 is 0 Å². The number of nitrogens with zero attached hydrogens (tertiary/aromatic N) is 3. The standard InChI is InChI=1S/C61H41N3/c1-5-17-42(18-6-1)49-27-15-28-50(37-49)53-38-52(43-31-33-46(34-32-43)56-30-16-26-44-21-13-14-29-55(44)56)39-54(40-53)57-36-35-51(41-58(57)45-19-7-2-8-20-45)61-63-59(47-22-9-3-10-23-47)62-60(64-61)48-24-11-4-12-25-48/h1-41H. The molecule has 0 aliphatic rings. The maximum Gasteiger partial charge on any atom is 0.164 e. The lowest BCUT2D eigenvalue weighted by Gasteiger charge is -2.17. The van der Waals surface area contributed by atoms with Crippen LogP contribution in [0.5, 0.6) is 0 Å². The van der Waals surface area contributed by atoms with E-state index in [4.69, 9.17) is 15.0 Å². The summed E-state index contributed by atoms with van der Waals surface area (Å²) in [4.78, 5) is 15.2. The van der Waals surface area contributed by atoms with E-state index in [1.165, 1.54) is 33.0 Å². The van der Waals surface area contributed by atoms with Crippen LogP contribution in [0.4, 0.5) is 0 Å². The lowest BCUT2D eigenvalue weighted by Crippen LogP contribution is -2.00. The monoisotopic (exact) mass is 815 g/mol. The van der Waals surface area contributed by atoms with E-state index in [1.54, 1.807) is 0 Å². The Morgan fingerprint density at radius 3 is 1.22 bits per heavy atom. The van der Waals surface area contributed by atoms with Crippen LogP contribution in [0.1, 0.15) is 0 Å². The van der Waals surface area contributed by atoms with Crippen LogP contribution in [0.25, 0.3) is 112 Å². The topological polar surface area (TPSA) is 38.7 Å². The van der Waals surface area contributed by atoms with Crippen LogP contribution in [0.2, 0.25) is 0 Å². The molecule has 0 saturated carbocycles. The molecule has 0 aliphatic carbocycles. The SMILES string of the molecule is c1ccc(-c2cccc(-c3cc(-c4ccc(-c5cccc6ccccc56)cc4)cc(-c4ccc(-c5nc(-c6ccccc6)nc(-c6ccccc6)n5)cc4-c4ccccc4)c3)c2)cc1. The van der Waals surface area contributed by atoms with Gasteiger partial charge in [0.05, 0.1) is 0 Å². The van der Waals surface area contributed by atoms with E-state index in [9.17, 15) is 0 Å². The van der Waals surface area contributed by atoms with Crippen molar-refractivity contribution in [2.75, 3.05) is 0 Å². The van der Waals surface area contributed by atoms with Crippen LogP contribution in [0.15, 0.2) is 249 Å². The number of benzene rings is 10. The minimum Gasteiger partial charge on any atom is -0.208 e. The number of aromatic nitrogens is 3. The molecule has 64 heavy (non-hydrogen) atoms. The summed E-state index contributed by atoms with van der Waals surface area (Å²) < 4.78 is 0. The van der Waals surface area contributed by atoms with Gasteiger partial charge in [0.1, 0.15) is 0 Å². The summed E-state index contributed by atoms with van der Waals surface area (Å²) >= 11 is 0. The molecule has 0 unspecified atom stereocenters. The van der Waals surface area contributed by atoms with E-state index in [0.717, 1.165) is 61.2 Å². The minimum absolute atomic E-state index is 0.620. The highest BCUT2D eigenvalue weighted by molar-refractivity contribution is 5.97. The highest BCUT2D eigenvalue weighted by Gasteiger charge is 2.17. The number of rotatable bonds is 9. The Bertz CT molecular complexity index is 3340. The summed E-state index contributed by atoms with van der Waals surface area (Å²) in [7, 11) is 0. The average Bonchev–Trinajstić information content (AvgIpc) is 3.39. The van der Waals surface area contributed by atoms with Crippen molar-refractivity contribution in [2.45, 2.75) is 0 Å². The molecule has 11 aromatic rings. The first kappa shape index (κ1) is 38.4. The Kier molecular flexibility index (Phi) is 10.3. The van der Waals surface area contributed by atoms with Gasteiger partial charge >= 0.3 is 0 Å². The Morgan fingerprint density at radius 1 is 0.188 bits per heavy atom. The smallest absolute Gasteiger partial charge is 0.164 e. The third kappa shape index (κ3) is 7.79. The highest BCUT2D eigenvalue weighted by Crippen LogP contribution is 2.41. The average molecular weight is 816 g/mol. The van der Waals surface area contributed by atoms with Crippen molar-refractivity contribution in [2.24, 2.45) is 0 Å². The quantitative estimate of drug-likeness (QED) is 0.146. The first-order chi connectivity index (χ1) is 31.7. The molecule has 300 valence electrons. The summed E-state index contributed by atoms with van der Waals surface area (Å²) in [6, 6.07) is 88.2. The fourth-order valence-corrected chi connectivity index (χ4v) is 8.67. The molecular weight excluding hydrogens is 775 g/mol. The fraction of sp³-hybridized carbons (Fsp3) is 0. The van der Waals surface area contributed by atoms with Crippen molar-refractivity contribution in [1.29, 1.82) is 0 Å². The Morgan fingerprint density at radius 2 is 0.578 bits per heavy atom. The van der Waals surface area contributed by atoms with Gasteiger partial charge in [-0.1, -0.05) is 218 Å². The second kappa shape index (κ2) is 17.1. The molecule has 0 atom stereocenters. The predicted octanol–water partition coefficient (Wildman–Crippen LogP) is 16.0. The van der Waals surface area contributed by atoms with Gasteiger partial charge in [-0.05, 0) is 108 Å². The zero-order valence-corrected chi connectivity index (χ0v) is 35.0. The number of hydrogen-bond donors (Lipinski definition) is 0. The molecule has 0 aliphatic heterocycles. The van der Waals surface area contributed by atoms with E-state index in [1.807, 2.05) is 60.7 Å². The summed E-state index contributed by atoms with van der Waals surface area (Å²) in [5, 5.41) is 2.49.